The molecule has 1 amide bonds. The van der Waals surface area contributed by atoms with Gasteiger partial charge in [0.25, 0.3) is 0 Å². The van der Waals surface area contributed by atoms with E-state index in [4.69, 9.17) is 14.6 Å². The molecule has 1 atom stereocenters. The summed E-state index contributed by atoms with van der Waals surface area (Å²) >= 11 is 0. The van der Waals surface area contributed by atoms with Crippen LogP contribution in [0.3, 0.4) is 0 Å². The topological polar surface area (TPSA) is 67.8 Å². The molecule has 0 bridgehead atoms. The molecule has 0 radical (unpaired) electrons. The highest BCUT2D eigenvalue weighted by Crippen LogP contribution is 2.23. The van der Waals surface area contributed by atoms with Crippen LogP contribution in [0.4, 0.5) is 4.79 Å². The van der Waals surface area contributed by atoms with Crippen molar-refractivity contribution in [3.63, 3.8) is 0 Å². The Hall–Kier alpha value is -1.91. The maximum Gasteiger partial charge on any atom is 0.404 e. The summed E-state index contributed by atoms with van der Waals surface area (Å²) in [6.07, 6.45) is -0.438. The first kappa shape index (κ1) is 13.2. The van der Waals surface area contributed by atoms with Gasteiger partial charge in [-0.05, 0) is 31.0 Å². The molecule has 5 nitrogen and oxygen atoms in total. The second-order valence-corrected chi connectivity index (χ2v) is 3.78. The van der Waals surface area contributed by atoms with Gasteiger partial charge >= 0.3 is 6.09 Å². The van der Waals surface area contributed by atoms with Crippen LogP contribution < -0.4 is 14.8 Å². The molecule has 0 aliphatic rings. The van der Waals surface area contributed by atoms with E-state index in [9.17, 15) is 4.79 Å². The van der Waals surface area contributed by atoms with Crippen LogP contribution in [0, 0.1) is 0 Å². The van der Waals surface area contributed by atoms with Crippen LogP contribution in [0.2, 0.25) is 0 Å². The third-order valence-corrected chi connectivity index (χ3v) is 2.32. The fourth-order valence-electron chi connectivity index (χ4n) is 1.60. The van der Waals surface area contributed by atoms with Gasteiger partial charge in [-0.25, -0.2) is 4.79 Å². The molecule has 5 heteroatoms. The van der Waals surface area contributed by atoms with Crippen molar-refractivity contribution in [1.82, 2.24) is 5.32 Å². The van der Waals surface area contributed by atoms with Crippen LogP contribution >= 0.6 is 0 Å². The average Bonchev–Trinajstić information content (AvgIpc) is 2.27. The van der Waals surface area contributed by atoms with E-state index in [1.807, 2.05) is 12.1 Å². The number of amides is 1. The van der Waals surface area contributed by atoms with Crippen LogP contribution in [-0.2, 0) is 6.42 Å². The van der Waals surface area contributed by atoms with Gasteiger partial charge in [-0.3, -0.25) is 0 Å². The first-order chi connectivity index (χ1) is 8.05. The molecular formula is C12H17NO4. The van der Waals surface area contributed by atoms with E-state index in [0.717, 1.165) is 5.56 Å². The zero-order chi connectivity index (χ0) is 12.8. The van der Waals surface area contributed by atoms with E-state index in [1.54, 1.807) is 27.2 Å². The Balaban J connectivity index is 2.79. The molecule has 0 aromatic heterocycles. The van der Waals surface area contributed by atoms with Crippen molar-refractivity contribution in [2.75, 3.05) is 14.2 Å². The summed E-state index contributed by atoms with van der Waals surface area (Å²) in [5.41, 5.74) is 0.961. The van der Waals surface area contributed by atoms with Crippen molar-refractivity contribution in [2.24, 2.45) is 0 Å². The first-order valence-corrected chi connectivity index (χ1v) is 5.26. The molecule has 2 N–H and O–H groups in total. The number of carbonyl (C=O) groups is 1. The smallest absolute Gasteiger partial charge is 0.404 e. The minimum Gasteiger partial charge on any atom is -0.497 e. The lowest BCUT2D eigenvalue weighted by atomic mass is 10.1. The summed E-state index contributed by atoms with van der Waals surface area (Å²) in [6.45, 7) is 1.81. The third-order valence-electron chi connectivity index (χ3n) is 2.32. The number of ether oxygens (including phenoxy) is 2. The quantitative estimate of drug-likeness (QED) is 0.823. The Morgan fingerprint density at radius 3 is 2.24 bits per heavy atom. The summed E-state index contributed by atoms with van der Waals surface area (Å²) in [5.74, 6) is 1.39. The summed E-state index contributed by atoms with van der Waals surface area (Å²) in [5, 5.41) is 11.0. The minimum absolute atomic E-state index is 0.163. The Bertz CT molecular complexity index is 370. The maximum absolute atomic E-state index is 10.5. The molecule has 0 fully saturated rings. The van der Waals surface area contributed by atoms with Gasteiger partial charge in [-0.2, -0.15) is 0 Å². The second-order valence-electron chi connectivity index (χ2n) is 3.78. The number of nitrogens with one attached hydrogen (secondary N) is 1. The lowest BCUT2D eigenvalue weighted by Crippen LogP contribution is -2.32. The standard InChI is InChI=1S/C12H17NO4/c1-8(13-12(14)15)4-9-5-10(16-2)7-11(6-9)17-3/h5-8,13H,4H2,1-3H3,(H,14,15). The second kappa shape index (κ2) is 5.98. The Kier molecular flexibility index (Phi) is 4.63. The zero-order valence-electron chi connectivity index (χ0n) is 10.2. The average molecular weight is 239 g/mol. The predicted molar refractivity (Wildman–Crippen MR) is 63.9 cm³/mol. The lowest BCUT2D eigenvalue weighted by Gasteiger charge is -2.13. The number of rotatable bonds is 5. The van der Waals surface area contributed by atoms with Gasteiger partial charge in [0.15, 0.2) is 0 Å². The number of carboxylic acid groups (broad SMARTS) is 1. The largest absolute Gasteiger partial charge is 0.497 e. The van der Waals surface area contributed by atoms with Crippen LogP contribution in [0.1, 0.15) is 12.5 Å². The van der Waals surface area contributed by atoms with Crippen LogP contribution in [-0.4, -0.2) is 31.5 Å². The third kappa shape index (κ3) is 4.22. The highest BCUT2D eigenvalue weighted by atomic mass is 16.5. The molecule has 1 unspecified atom stereocenters. The summed E-state index contributed by atoms with van der Waals surface area (Å²) in [6, 6.07) is 5.34. The van der Waals surface area contributed by atoms with E-state index < -0.39 is 6.09 Å². The molecular weight excluding hydrogens is 222 g/mol. The Labute approximate surface area is 100 Å². The van der Waals surface area contributed by atoms with Crippen molar-refractivity contribution in [2.45, 2.75) is 19.4 Å². The van der Waals surface area contributed by atoms with Gasteiger partial charge in [-0.1, -0.05) is 0 Å². The van der Waals surface area contributed by atoms with E-state index >= 15 is 0 Å². The number of hydrogen-bond donors (Lipinski definition) is 2. The van der Waals surface area contributed by atoms with Gasteiger partial charge in [0.2, 0.25) is 0 Å². The van der Waals surface area contributed by atoms with Gasteiger partial charge in [0.1, 0.15) is 11.5 Å². The molecule has 0 aliphatic carbocycles. The van der Waals surface area contributed by atoms with E-state index in [1.165, 1.54) is 0 Å². The lowest BCUT2D eigenvalue weighted by molar-refractivity contribution is 0.190. The minimum atomic E-state index is -1.02. The molecule has 0 heterocycles. The van der Waals surface area contributed by atoms with Gasteiger partial charge < -0.3 is 19.9 Å². The normalized spacial score (nSPS) is 11.7. The van der Waals surface area contributed by atoms with Crippen LogP contribution in [0.25, 0.3) is 0 Å². The van der Waals surface area contributed by atoms with Crippen molar-refractivity contribution in [3.05, 3.63) is 23.8 Å². The molecule has 0 spiro atoms. The Morgan fingerprint density at radius 2 is 1.82 bits per heavy atom. The van der Waals surface area contributed by atoms with Crippen molar-refractivity contribution in [3.8, 4) is 11.5 Å². The van der Waals surface area contributed by atoms with Crippen LogP contribution in [0.15, 0.2) is 18.2 Å². The van der Waals surface area contributed by atoms with E-state index in [-0.39, 0.29) is 6.04 Å². The highest BCUT2D eigenvalue weighted by molar-refractivity contribution is 5.64. The molecule has 94 valence electrons. The number of benzene rings is 1. The summed E-state index contributed by atoms with van der Waals surface area (Å²) in [7, 11) is 3.16. The predicted octanol–water partition coefficient (Wildman–Crippen LogP) is 1.90. The fourth-order valence-corrected chi connectivity index (χ4v) is 1.60. The first-order valence-electron chi connectivity index (χ1n) is 5.26. The molecule has 1 rings (SSSR count). The Morgan fingerprint density at radius 1 is 1.29 bits per heavy atom. The van der Waals surface area contributed by atoms with Crippen molar-refractivity contribution < 1.29 is 19.4 Å². The fraction of sp³-hybridized carbons (Fsp3) is 0.417. The zero-order valence-corrected chi connectivity index (χ0v) is 10.2. The van der Waals surface area contributed by atoms with Crippen LogP contribution in [0.5, 0.6) is 11.5 Å². The highest BCUT2D eigenvalue weighted by Gasteiger charge is 2.08. The molecule has 1 aromatic carbocycles. The van der Waals surface area contributed by atoms with E-state index in [0.29, 0.717) is 17.9 Å². The molecule has 0 saturated carbocycles. The van der Waals surface area contributed by atoms with E-state index in [2.05, 4.69) is 5.32 Å². The van der Waals surface area contributed by atoms with Gasteiger partial charge in [-0.15, -0.1) is 0 Å². The maximum atomic E-state index is 10.5. The summed E-state index contributed by atoms with van der Waals surface area (Å²) in [4.78, 5) is 10.5. The number of methoxy groups -OCH3 is 2. The monoisotopic (exact) mass is 239 g/mol. The van der Waals surface area contributed by atoms with Gasteiger partial charge in [0, 0.05) is 12.1 Å². The van der Waals surface area contributed by atoms with Crippen molar-refractivity contribution >= 4 is 6.09 Å². The molecule has 0 saturated heterocycles. The number of hydrogen-bond acceptors (Lipinski definition) is 3. The van der Waals surface area contributed by atoms with Gasteiger partial charge in [0.05, 0.1) is 14.2 Å². The molecule has 17 heavy (non-hydrogen) atoms. The molecule has 0 aliphatic heterocycles. The molecule has 1 aromatic rings. The SMILES string of the molecule is COc1cc(CC(C)NC(=O)O)cc(OC)c1. The summed E-state index contributed by atoms with van der Waals surface area (Å²) < 4.78 is 10.3. The van der Waals surface area contributed by atoms with Crippen molar-refractivity contribution in [1.29, 1.82) is 0 Å².